The molecule has 0 unspecified atom stereocenters. The largest absolute Gasteiger partial charge is 0.444 e. The van der Waals surface area contributed by atoms with Crippen LogP contribution in [0.2, 0.25) is 0 Å². The number of aliphatic hydroxyl groups is 1. The topological polar surface area (TPSA) is 76.4 Å². The molecule has 2 rings (SSSR count). The molecule has 0 saturated heterocycles. The minimum Gasteiger partial charge on any atom is -0.444 e. The summed E-state index contributed by atoms with van der Waals surface area (Å²) in [7, 11) is 0. The summed E-state index contributed by atoms with van der Waals surface area (Å²) in [6.07, 6.45) is 1.16. The number of imidazole rings is 1. The van der Waals surface area contributed by atoms with Crippen LogP contribution in [0.3, 0.4) is 0 Å². The number of alkyl carbamates (subject to hydrolysis) is 1. The number of rotatable bonds is 4. The van der Waals surface area contributed by atoms with Crippen LogP contribution in [0.15, 0.2) is 30.6 Å². The summed E-state index contributed by atoms with van der Waals surface area (Å²) in [4.78, 5) is 16.0. The lowest BCUT2D eigenvalue weighted by Gasteiger charge is -2.23. The molecule has 2 N–H and O–H groups in total. The summed E-state index contributed by atoms with van der Waals surface area (Å²) in [5.74, 6) is 0. The van der Waals surface area contributed by atoms with Gasteiger partial charge >= 0.3 is 6.09 Å². The highest BCUT2D eigenvalue weighted by Gasteiger charge is 2.19. The Morgan fingerprint density at radius 2 is 2.14 bits per heavy atom. The number of hydrogen-bond acceptors (Lipinski definition) is 4. The van der Waals surface area contributed by atoms with E-state index in [4.69, 9.17) is 4.74 Å². The minimum atomic E-state index is -0.564. The highest BCUT2D eigenvalue weighted by atomic mass is 16.6. The third kappa shape index (κ3) is 4.19. The summed E-state index contributed by atoms with van der Waals surface area (Å²) in [6, 6.07) is 7.28. The zero-order chi connectivity index (χ0) is 15.5. The van der Waals surface area contributed by atoms with E-state index in [2.05, 4.69) is 10.3 Å². The average Bonchev–Trinajstić information content (AvgIpc) is 2.79. The van der Waals surface area contributed by atoms with Gasteiger partial charge in [0.1, 0.15) is 5.60 Å². The molecule has 1 atom stereocenters. The van der Waals surface area contributed by atoms with E-state index in [9.17, 15) is 9.90 Å². The number of carbonyl (C=O) groups excluding carboxylic acids is 1. The van der Waals surface area contributed by atoms with Gasteiger partial charge in [0.25, 0.3) is 0 Å². The first-order valence-electron chi connectivity index (χ1n) is 6.89. The molecule has 21 heavy (non-hydrogen) atoms. The van der Waals surface area contributed by atoms with Crippen LogP contribution in [0.4, 0.5) is 4.79 Å². The maximum Gasteiger partial charge on any atom is 0.408 e. The number of fused-ring (bicyclic) bond motifs is 1. The van der Waals surface area contributed by atoms with Gasteiger partial charge < -0.3 is 19.7 Å². The molecular weight excluding hydrogens is 270 g/mol. The van der Waals surface area contributed by atoms with E-state index in [1.165, 1.54) is 0 Å². The van der Waals surface area contributed by atoms with Crippen molar-refractivity contribution in [2.75, 3.05) is 6.61 Å². The maximum atomic E-state index is 11.8. The number of hydrogen-bond donors (Lipinski definition) is 2. The fourth-order valence-corrected chi connectivity index (χ4v) is 2.02. The third-order valence-electron chi connectivity index (χ3n) is 2.89. The number of ether oxygens (including phenoxy) is 1. The van der Waals surface area contributed by atoms with E-state index in [1.807, 2.05) is 28.8 Å². The van der Waals surface area contributed by atoms with E-state index in [0.717, 1.165) is 11.0 Å². The zero-order valence-corrected chi connectivity index (χ0v) is 12.5. The van der Waals surface area contributed by atoms with Gasteiger partial charge in [-0.1, -0.05) is 12.1 Å². The summed E-state index contributed by atoms with van der Waals surface area (Å²) < 4.78 is 7.09. The maximum absolute atomic E-state index is 11.8. The number of nitrogens with zero attached hydrogens (tertiary/aromatic N) is 2. The number of nitrogens with one attached hydrogen (secondary N) is 1. The molecule has 6 nitrogen and oxygen atoms in total. The van der Waals surface area contributed by atoms with E-state index in [0.29, 0.717) is 6.54 Å². The van der Waals surface area contributed by atoms with Crippen LogP contribution in [-0.2, 0) is 11.3 Å². The minimum absolute atomic E-state index is 0.175. The predicted octanol–water partition coefficient (Wildman–Crippen LogP) is 1.92. The van der Waals surface area contributed by atoms with Crippen LogP contribution >= 0.6 is 0 Å². The van der Waals surface area contributed by atoms with Crippen LogP contribution in [0.1, 0.15) is 20.8 Å². The van der Waals surface area contributed by atoms with E-state index < -0.39 is 17.7 Å². The first-order chi connectivity index (χ1) is 9.89. The van der Waals surface area contributed by atoms with Gasteiger partial charge in [-0.3, -0.25) is 0 Å². The van der Waals surface area contributed by atoms with Crippen molar-refractivity contribution < 1.29 is 14.6 Å². The second-order valence-corrected chi connectivity index (χ2v) is 5.91. The highest BCUT2D eigenvalue weighted by Crippen LogP contribution is 2.12. The van der Waals surface area contributed by atoms with Gasteiger partial charge in [0, 0.05) is 6.54 Å². The van der Waals surface area contributed by atoms with Crippen LogP contribution in [0, 0.1) is 0 Å². The lowest BCUT2D eigenvalue weighted by Crippen LogP contribution is -2.43. The molecule has 0 spiro atoms. The fourth-order valence-electron chi connectivity index (χ4n) is 2.02. The second kappa shape index (κ2) is 6.13. The number of para-hydroxylation sites is 2. The fraction of sp³-hybridized carbons (Fsp3) is 0.467. The van der Waals surface area contributed by atoms with Gasteiger partial charge in [0.15, 0.2) is 0 Å². The van der Waals surface area contributed by atoms with Crippen molar-refractivity contribution in [3.63, 3.8) is 0 Å². The quantitative estimate of drug-likeness (QED) is 0.902. The lowest BCUT2D eigenvalue weighted by molar-refractivity contribution is 0.0476. The number of benzene rings is 1. The first kappa shape index (κ1) is 15.3. The summed E-state index contributed by atoms with van der Waals surface area (Å²) in [5.41, 5.74) is 1.28. The molecule has 0 aliphatic rings. The molecule has 1 aromatic carbocycles. The Labute approximate surface area is 123 Å². The molecule has 0 radical (unpaired) electrons. The molecule has 1 heterocycles. The molecule has 6 heteroatoms. The summed E-state index contributed by atoms with van der Waals surface area (Å²) >= 11 is 0. The smallest absolute Gasteiger partial charge is 0.408 e. The van der Waals surface area contributed by atoms with Crippen molar-refractivity contribution in [3.05, 3.63) is 30.6 Å². The first-order valence-corrected chi connectivity index (χ1v) is 6.89. The second-order valence-electron chi connectivity index (χ2n) is 5.91. The van der Waals surface area contributed by atoms with Crippen molar-refractivity contribution in [2.24, 2.45) is 0 Å². The molecule has 2 aromatic rings. The van der Waals surface area contributed by atoms with Crippen LogP contribution < -0.4 is 5.32 Å². The predicted molar refractivity (Wildman–Crippen MR) is 80.0 cm³/mol. The van der Waals surface area contributed by atoms with Gasteiger partial charge in [-0.05, 0) is 32.9 Å². The SMILES string of the molecule is CC(C)(C)OC(=O)N[C@H](CO)Cn1cnc2ccccc21. The molecule has 0 aliphatic heterocycles. The molecule has 0 saturated carbocycles. The van der Waals surface area contributed by atoms with E-state index in [1.54, 1.807) is 27.1 Å². The molecule has 1 aromatic heterocycles. The van der Waals surface area contributed by atoms with E-state index in [-0.39, 0.29) is 6.61 Å². The van der Waals surface area contributed by atoms with Crippen LogP contribution in [0.5, 0.6) is 0 Å². The monoisotopic (exact) mass is 291 g/mol. The molecule has 114 valence electrons. The number of amides is 1. The normalized spacial score (nSPS) is 13.1. The Bertz CT molecular complexity index is 616. The van der Waals surface area contributed by atoms with Crippen LogP contribution in [0.25, 0.3) is 11.0 Å². The Hall–Kier alpha value is -2.08. The van der Waals surface area contributed by atoms with Crippen molar-refractivity contribution in [1.29, 1.82) is 0 Å². The van der Waals surface area contributed by atoms with Gasteiger partial charge in [0.2, 0.25) is 0 Å². The van der Waals surface area contributed by atoms with Crippen molar-refractivity contribution in [2.45, 2.75) is 39.0 Å². The Kier molecular flexibility index (Phi) is 4.47. The van der Waals surface area contributed by atoms with Gasteiger partial charge in [0.05, 0.1) is 30.0 Å². The Balaban J connectivity index is 2.04. The number of aliphatic hydroxyl groups excluding tert-OH is 1. The lowest BCUT2D eigenvalue weighted by atomic mass is 10.2. The molecule has 1 amide bonds. The van der Waals surface area contributed by atoms with Gasteiger partial charge in [-0.15, -0.1) is 0 Å². The van der Waals surface area contributed by atoms with Crippen molar-refractivity contribution >= 4 is 17.1 Å². The van der Waals surface area contributed by atoms with Gasteiger partial charge in [-0.25, -0.2) is 9.78 Å². The molecule has 0 fully saturated rings. The standard InChI is InChI=1S/C15H21N3O3/c1-15(2,3)21-14(20)17-11(9-19)8-18-10-16-12-6-4-5-7-13(12)18/h4-7,10-11,19H,8-9H2,1-3H3,(H,17,20)/t11-/m0/s1. The van der Waals surface area contributed by atoms with E-state index >= 15 is 0 Å². The number of carbonyl (C=O) groups is 1. The summed E-state index contributed by atoms with van der Waals surface area (Å²) in [5, 5.41) is 12.1. The summed E-state index contributed by atoms with van der Waals surface area (Å²) in [6.45, 7) is 5.64. The third-order valence-corrected chi connectivity index (χ3v) is 2.89. The highest BCUT2D eigenvalue weighted by molar-refractivity contribution is 5.75. The van der Waals surface area contributed by atoms with Crippen molar-refractivity contribution in [1.82, 2.24) is 14.9 Å². The van der Waals surface area contributed by atoms with Gasteiger partial charge in [-0.2, -0.15) is 0 Å². The Morgan fingerprint density at radius 1 is 1.43 bits per heavy atom. The molecule has 0 aliphatic carbocycles. The zero-order valence-electron chi connectivity index (χ0n) is 12.5. The average molecular weight is 291 g/mol. The Morgan fingerprint density at radius 3 is 2.81 bits per heavy atom. The number of aromatic nitrogens is 2. The molecular formula is C15H21N3O3. The van der Waals surface area contributed by atoms with Crippen LogP contribution in [-0.4, -0.2) is 39.0 Å². The van der Waals surface area contributed by atoms with Crippen molar-refractivity contribution in [3.8, 4) is 0 Å². The molecule has 0 bridgehead atoms.